The third-order valence-corrected chi connectivity index (χ3v) is 3.94. The number of carbonyl (C=O) groups is 2. The molecular weight excluding hydrogens is 338 g/mol. The Morgan fingerprint density at radius 2 is 1.84 bits per heavy atom. The van der Waals surface area contributed by atoms with Gasteiger partial charge in [-0.05, 0) is 49.7 Å². The van der Waals surface area contributed by atoms with Crippen molar-refractivity contribution >= 4 is 29.1 Å². The first kappa shape index (κ1) is 19.0. The molecule has 2 aromatic carbocycles. The molecule has 0 aliphatic rings. The Hall–Kier alpha value is -2.37. The van der Waals surface area contributed by atoms with Gasteiger partial charge >= 0.3 is 0 Å². The second-order valence-electron chi connectivity index (χ2n) is 5.64. The van der Waals surface area contributed by atoms with Gasteiger partial charge in [-0.3, -0.25) is 9.59 Å². The fourth-order valence-corrected chi connectivity index (χ4v) is 2.45. The summed E-state index contributed by atoms with van der Waals surface area (Å²) >= 11 is 5.88. The lowest BCUT2D eigenvalue weighted by Crippen LogP contribution is -2.30. The molecule has 132 valence electrons. The Balaban J connectivity index is 1.88. The molecule has 0 heterocycles. The molecule has 1 atom stereocenters. The monoisotopic (exact) mass is 359 g/mol. The van der Waals surface area contributed by atoms with Crippen LogP contribution in [-0.2, 0) is 4.79 Å². The highest BCUT2D eigenvalue weighted by atomic mass is 35.5. The lowest BCUT2D eigenvalue weighted by Gasteiger charge is -2.14. The maximum absolute atomic E-state index is 12.1. The van der Waals surface area contributed by atoms with Gasteiger partial charge in [-0.25, -0.2) is 0 Å². The summed E-state index contributed by atoms with van der Waals surface area (Å²) in [6.07, 6.45) is 0. The first-order valence-corrected chi connectivity index (χ1v) is 8.54. The summed E-state index contributed by atoms with van der Waals surface area (Å²) in [7, 11) is 0. The average Bonchev–Trinajstić information content (AvgIpc) is 2.61. The predicted octanol–water partition coefficient (Wildman–Crippen LogP) is 3.38. The van der Waals surface area contributed by atoms with Crippen molar-refractivity contribution in [3.8, 4) is 0 Å². The summed E-state index contributed by atoms with van der Waals surface area (Å²) in [6, 6.07) is 14.4. The number of halogens is 1. The largest absolute Gasteiger partial charge is 0.352 e. The maximum Gasteiger partial charge on any atom is 0.251 e. The van der Waals surface area contributed by atoms with Gasteiger partial charge in [-0.15, -0.1) is 0 Å². The summed E-state index contributed by atoms with van der Waals surface area (Å²) in [5, 5.41) is 9.37. The van der Waals surface area contributed by atoms with Crippen molar-refractivity contribution in [2.45, 2.75) is 19.9 Å². The fourth-order valence-electron chi connectivity index (χ4n) is 2.32. The van der Waals surface area contributed by atoms with Gasteiger partial charge in [0.25, 0.3) is 5.91 Å². The SMILES string of the molecule is CCNC(=O)c1cccc(NC(=O)CN[C@H](C)c2ccc(Cl)cc2)c1. The zero-order chi connectivity index (χ0) is 18.2. The zero-order valence-electron chi connectivity index (χ0n) is 14.3. The number of nitrogens with one attached hydrogen (secondary N) is 3. The number of hydrogen-bond donors (Lipinski definition) is 3. The number of hydrogen-bond acceptors (Lipinski definition) is 3. The van der Waals surface area contributed by atoms with Crippen LogP contribution in [0.15, 0.2) is 48.5 Å². The molecule has 0 aromatic heterocycles. The third kappa shape index (κ3) is 5.89. The van der Waals surface area contributed by atoms with Crippen LogP contribution in [0.3, 0.4) is 0 Å². The van der Waals surface area contributed by atoms with E-state index < -0.39 is 0 Å². The molecule has 5 nitrogen and oxygen atoms in total. The van der Waals surface area contributed by atoms with Crippen LogP contribution in [0.4, 0.5) is 5.69 Å². The van der Waals surface area contributed by atoms with E-state index in [0.29, 0.717) is 22.8 Å². The molecule has 0 saturated heterocycles. The van der Waals surface area contributed by atoms with Gasteiger partial charge in [0, 0.05) is 28.9 Å². The normalized spacial score (nSPS) is 11.6. The van der Waals surface area contributed by atoms with Crippen LogP contribution >= 0.6 is 11.6 Å². The molecular formula is C19H22ClN3O2. The van der Waals surface area contributed by atoms with Gasteiger partial charge in [0.1, 0.15) is 0 Å². The lowest BCUT2D eigenvalue weighted by molar-refractivity contribution is -0.115. The minimum absolute atomic E-state index is 0.0182. The highest BCUT2D eigenvalue weighted by molar-refractivity contribution is 6.30. The first-order chi connectivity index (χ1) is 12.0. The number of carbonyl (C=O) groups excluding carboxylic acids is 2. The molecule has 3 N–H and O–H groups in total. The van der Waals surface area contributed by atoms with E-state index in [1.807, 2.05) is 38.1 Å². The van der Waals surface area contributed by atoms with Crippen molar-refractivity contribution < 1.29 is 9.59 Å². The van der Waals surface area contributed by atoms with E-state index in [4.69, 9.17) is 11.6 Å². The van der Waals surface area contributed by atoms with Crippen molar-refractivity contribution in [2.24, 2.45) is 0 Å². The molecule has 2 rings (SSSR count). The molecule has 0 aliphatic carbocycles. The molecule has 2 aromatic rings. The van der Waals surface area contributed by atoms with E-state index in [2.05, 4.69) is 16.0 Å². The Kier molecular flexibility index (Phi) is 6.98. The Morgan fingerprint density at radius 1 is 1.12 bits per heavy atom. The van der Waals surface area contributed by atoms with E-state index >= 15 is 0 Å². The van der Waals surface area contributed by atoms with Gasteiger partial charge in [0.2, 0.25) is 5.91 Å². The number of anilines is 1. The molecule has 0 saturated carbocycles. The number of rotatable bonds is 7. The van der Waals surface area contributed by atoms with E-state index in [0.717, 1.165) is 5.56 Å². The van der Waals surface area contributed by atoms with E-state index in [-0.39, 0.29) is 24.4 Å². The van der Waals surface area contributed by atoms with Crippen LogP contribution in [-0.4, -0.2) is 24.9 Å². The summed E-state index contributed by atoms with van der Waals surface area (Å²) in [6.45, 7) is 4.56. The molecule has 0 bridgehead atoms. The van der Waals surface area contributed by atoms with Crippen molar-refractivity contribution in [1.29, 1.82) is 0 Å². The number of benzene rings is 2. The third-order valence-electron chi connectivity index (χ3n) is 3.68. The van der Waals surface area contributed by atoms with Crippen LogP contribution in [0.1, 0.15) is 35.8 Å². The predicted molar refractivity (Wildman–Crippen MR) is 101 cm³/mol. The van der Waals surface area contributed by atoms with Gasteiger partial charge < -0.3 is 16.0 Å². The Bertz CT molecular complexity index is 732. The van der Waals surface area contributed by atoms with Crippen molar-refractivity contribution in [2.75, 3.05) is 18.4 Å². The minimum Gasteiger partial charge on any atom is -0.352 e. The van der Waals surface area contributed by atoms with Crippen molar-refractivity contribution in [3.63, 3.8) is 0 Å². The highest BCUT2D eigenvalue weighted by Gasteiger charge is 2.09. The molecule has 25 heavy (non-hydrogen) atoms. The van der Waals surface area contributed by atoms with Gasteiger partial charge in [-0.1, -0.05) is 29.8 Å². The summed E-state index contributed by atoms with van der Waals surface area (Å²) in [4.78, 5) is 23.9. The molecule has 0 fully saturated rings. The molecule has 6 heteroatoms. The van der Waals surface area contributed by atoms with E-state index in [1.165, 1.54) is 0 Å². The minimum atomic E-state index is -0.172. The molecule has 0 unspecified atom stereocenters. The first-order valence-electron chi connectivity index (χ1n) is 8.16. The second kappa shape index (κ2) is 9.20. The van der Waals surface area contributed by atoms with E-state index in [1.54, 1.807) is 24.3 Å². The van der Waals surface area contributed by atoms with Gasteiger partial charge in [0.05, 0.1) is 6.54 Å². The zero-order valence-corrected chi connectivity index (χ0v) is 15.1. The Labute approximate surface area is 152 Å². The molecule has 0 spiro atoms. The maximum atomic E-state index is 12.1. The van der Waals surface area contributed by atoms with E-state index in [9.17, 15) is 9.59 Å². The lowest BCUT2D eigenvalue weighted by atomic mass is 10.1. The van der Waals surface area contributed by atoms with Crippen LogP contribution in [0.2, 0.25) is 5.02 Å². The fraction of sp³-hybridized carbons (Fsp3) is 0.263. The molecule has 0 radical (unpaired) electrons. The van der Waals surface area contributed by atoms with Crippen LogP contribution in [0, 0.1) is 0 Å². The summed E-state index contributed by atoms with van der Waals surface area (Å²) in [5.74, 6) is -0.332. The topological polar surface area (TPSA) is 70.2 Å². The molecule has 2 amide bonds. The van der Waals surface area contributed by atoms with Gasteiger partial charge in [-0.2, -0.15) is 0 Å². The van der Waals surface area contributed by atoms with Crippen molar-refractivity contribution in [1.82, 2.24) is 10.6 Å². The molecule has 0 aliphatic heterocycles. The standard InChI is InChI=1S/C19H22ClN3O2/c1-3-21-19(25)15-5-4-6-17(11-15)23-18(24)12-22-13(2)14-7-9-16(20)10-8-14/h4-11,13,22H,3,12H2,1-2H3,(H,21,25)(H,23,24)/t13-/m1/s1. The van der Waals surface area contributed by atoms with Crippen molar-refractivity contribution in [3.05, 3.63) is 64.7 Å². The summed E-state index contributed by atoms with van der Waals surface area (Å²) < 4.78 is 0. The highest BCUT2D eigenvalue weighted by Crippen LogP contribution is 2.16. The quantitative estimate of drug-likeness (QED) is 0.709. The van der Waals surface area contributed by atoms with Crippen LogP contribution < -0.4 is 16.0 Å². The van der Waals surface area contributed by atoms with Crippen LogP contribution in [0.5, 0.6) is 0 Å². The van der Waals surface area contributed by atoms with Gasteiger partial charge in [0.15, 0.2) is 0 Å². The number of amides is 2. The average molecular weight is 360 g/mol. The summed E-state index contributed by atoms with van der Waals surface area (Å²) in [5.41, 5.74) is 2.16. The smallest absolute Gasteiger partial charge is 0.251 e. The Morgan fingerprint density at radius 3 is 2.52 bits per heavy atom. The second-order valence-corrected chi connectivity index (χ2v) is 6.08. The van der Waals surface area contributed by atoms with Crippen LogP contribution in [0.25, 0.3) is 0 Å².